The highest BCUT2D eigenvalue weighted by Gasteiger charge is 2.17. The van der Waals surface area contributed by atoms with Crippen LogP contribution in [-0.2, 0) is 0 Å². The van der Waals surface area contributed by atoms with Gasteiger partial charge < -0.3 is 9.47 Å². The summed E-state index contributed by atoms with van der Waals surface area (Å²) in [6, 6.07) is 0. The summed E-state index contributed by atoms with van der Waals surface area (Å²) in [5.41, 5.74) is 2.06. The van der Waals surface area contributed by atoms with Crippen LogP contribution in [0, 0.1) is 13.8 Å². The van der Waals surface area contributed by atoms with Crippen LogP contribution in [-0.4, -0.2) is 14.2 Å². The van der Waals surface area contributed by atoms with Crippen molar-refractivity contribution in [1.29, 1.82) is 0 Å². The van der Waals surface area contributed by atoms with Crippen molar-refractivity contribution in [3.05, 3.63) is 20.1 Å². The van der Waals surface area contributed by atoms with Gasteiger partial charge in [-0.1, -0.05) is 0 Å². The zero-order chi connectivity index (χ0) is 10.9. The molecule has 78 valence electrons. The van der Waals surface area contributed by atoms with E-state index in [2.05, 4.69) is 31.9 Å². The van der Waals surface area contributed by atoms with Crippen LogP contribution in [0.5, 0.6) is 11.5 Å². The van der Waals surface area contributed by atoms with E-state index in [-0.39, 0.29) is 0 Å². The quantitative estimate of drug-likeness (QED) is 0.823. The normalized spacial score (nSPS) is 10.1. The number of hydrogen-bond acceptors (Lipinski definition) is 2. The molecular formula is C10H12Br2O2. The molecule has 0 radical (unpaired) electrons. The standard InChI is InChI=1S/C10H12Br2O2/c1-5-7(11)10(14-4)6(2)8(12)9(5)13-3/h1-4H3. The van der Waals surface area contributed by atoms with Crippen molar-refractivity contribution in [2.75, 3.05) is 14.2 Å². The molecule has 0 unspecified atom stereocenters. The maximum atomic E-state index is 5.30. The lowest BCUT2D eigenvalue weighted by atomic mass is 10.1. The minimum atomic E-state index is 0.843. The van der Waals surface area contributed by atoms with Crippen LogP contribution in [0.3, 0.4) is 0 Å². The van der Waals surface area contributed by atoms with E-state index in [4.69, 9.17) is 9.47 Å². The molecule has 0 atom stereocenters. The number of hydrogen-bond donors (Lipinski definition) is 0. The number of methoxy groups -OCH3 is 2. The molecule has 1 aromatic rings. The summed E-state index contributed by atoms with van der Waals surface area (Å²) in [5, 5.41) is 0. The Kier molecular flexibility index (Phi) is 3.84. The molecule has 0 N–H and O–H groups in total. The largest absolute Gasteiger partial charge is 0.495 e. The molecule has 1 rings (SSSR count). The molecule has 0 saturated heterocycles. The summed E-state index contributed by atoms with van der Waals surface area (Å²) < 4.78 is 12.5. The summed E-state index contributed by atoms with van der Waals surface area (Å²) in [6.45, 7) is 3.96. The second-order valence-electron chi connectivity index (χ2n) is 2.94. The highest BCUT2D eigenvalue weighted by atomic mass is 79.9. The van der Waals surface area contributed by atoms with Crippen molar-refractivity contribution in [2.45, 2.75) is 13.8 Å². The third kappa shape index (κ3) is 1.77. The first-order chi connectivity index (χ1) is 6.54. The molecule has 0 heterocycles. The lowest BCUT2D eigenvalue weighted by molar-refractivity contribution is 0.393. The van der Waals surface area contributed by atoms with Gasteiger partial charge in [-0.05, 0) is 45.7 Å². The average molecular weight is 324 g/mol. The van der Waals surface area contributed by atoms with Crippen molar-refractivity contribution in [3.63, 3.8) is 0 Å². The predicted molar refractivity (Wildman–Crippen MR) is 64.4 cm³/mol. The van der Waals surface area contributed by atoms with Crippen molar-refractivity contribution < 1.29 is 9.47 Å². The molecule has 0 aliphatic heterocycles. The van der Waals surface area contributed by atoms with Gasteiger partial charge >= 0.3 is 0 Å². The fraction of sp³-hybridized carbons (Fsp3) is 0.400. The van der Waals surface area contributed by atoms with Crippen molar-refractivity contribution in [2.24, 2.45) is 0 Å². The van der Waals surface area contributed by atoms with Crippen molar-refractivity contribution >= 4 is 31.9 Å². The zero-order valence-electron chi connectivity index (χ0n) is 8.57. The molecule has 0 spiro atoms. The van der Waals surface area contributed by atoms with E-state index >= 15 is 0 Å². The van der Waals surface area contributed by atoms with E-state index in [1.807, 2.05) is 13.8 Å². The second-order valence-corrected chi connectivity index (χ2v) is 4.53. The topological polar surface area (TPSA) is 18.5 Å². The van der Waals surface area contributed by atoms with Crippen LogP contribution < -0.4 is 9.47 Å². The number of benzene rings is 1. The Labute approximate surface area is 101 Å². The van der Waals surface area contributed by atoms with Gasteiger partial charge in [0.15, 0.2) is 0 Å². The Hall–Kier alpha value is -0.220. The third-order valence-corrected chi connectivity index (χ3v) is 4.06. The van der Waals surface area contributed by atoms with Crippen LogP contribution in [0.2, 0.25) is 0 Å². The van der Waals surface area contributed by atoms with Crippen LogP contribution in [0.15, 0.2) is 8.95 Å². The van der Waals surface area contributed by atoms with Crippen LogP contribution >= 0.6 is 31.9 Å². The van der Waals surface area contributed by atoms with E-state index in [0.29, 0.717) is 0 Å². The van der Waals surface area contributed by atoms with Gasteiger partial charge in [0.1, 0.15) is 11.5 Å². The lowest BCUT2D eigenvalue weighted by Gasteiger charge is -2.16. The Bertz CT molecular complexity index is 298. The first-order valence-electron chi connectivity index (χ1n) is 4.10. The highest BCUT2D eigenvalue weighted by molar-refractivity contribution is 9.11. The van der Waals surface area contributed by atoms with E-state index < -0.39 is 0 Å². The third-order valence-electron chi connectivity index (χ3n) is 2.15. The maximum Gasteiger partial charge on any atom is 0.137 e. The molecule has 4 heteroatoms. The maximum absolute atomic E-state index is 5.30. The van der Waals surface area contributed by atoms with Crippen LogP contribution in [0.1, 0.15) is 11.1 Å². The van der Waals surface area contributed by atoms with Gasteiger partial charge in [-0.15, -0.1) is 0 Å². The molecule has 0 bridgehead atoms. The Morgan fingerprint density at radius 3 is 1.29 bits per heavy atom. The zero-order valence-corrected chi connectivity index (χ0v) is 11.7. The minimum Gasteiger partial charge on any atom is -0.495 e. The van der Waals surface area contributed by atoms with Gasteiger partial charge in [0.2, 0.25) is 0 Å². The molecule has 0 aromatic heterocycles. The van der Waals surface area contributed by atoms with E-state index in [0.717, 1.165) is 31.6 Å². The summed E-state index contributed by atoms with van der Waals surface area (Å²) in [6.07, 6.45) is 0. The van der Waals surface area contributed by atoms with Gasteiger partial charge in [0, 0.05) is 11.1 Å². The molecule has 2 nitrogen and oxygen atoms in total. The van der Waals surface area contributed by atoms with E-state index in [1.54, 1.807) is 14.2 Å². The van der Waals surface area contributed by atoms with Gasteiger partial charge in [0.25, 0.3) is 0 Å². The van der Waals surface area contributed by atoms with Crippen LogP contribution in [0.25, 0.3) is 0 Å². The molecule has 0 aliphatic carbocycles. The first kappa shape index (κ1) is 11.9. The molecule has 1 aromatic carbocycles. The molecular weight excluding hydrogens is 312 g/mol. The number of rotatable bonds is 2. The predicted octanol–water partition coefficient (Wildman–Crippen LogP) is 3.85. The van der Waals surface area contributed by atoms with Crippen molar-refractivity contribution in [1.82, 2.24) is 0 Å². The first-order valence-corrected chi connectivity index (χ1v) is 5.69. The average Bonchev–Trinajstić information content (AvgIpc) is 2.17. The Morgan fingerprint density at radius 2 is 1.07 bits per heavy atom. The van der Waals surface area contributed by atoms with Gasteiger partial charge in [0.05, 0.1) is 23.2 Å². The van der Waals surface area contributed by atoms with Crippen LogP contribution in [0.4, 0.5) is 0 Å². The molecule has 0 fully saturated rings. The molecule has 0 amide bonds. The van der Waals surface area contributed by atoms with Gasteiger partial charge in [-0.25, -0.2) is 0 Å². The SMILES string of the molecule is COc1c(C)c(Br)c(OC)c(C)c1Br. The Balaban J connectivity index is 3.55. The van der Waals surface area contributed by atoms with Crippen molar-refractivity contribution in [3.8, 4) is 11.5 Å². The monoisotopic (exact) mass is 322 g/mol. The highest BCUT2D eigenvalue weighted by Crippen LogP contribution is 2.43. The van der Waals surface area contributed by atoms with Gasteiger partial charge in [-0.3, -0.25) is 0 Å². The fourth-order valence-electron chi connectivity index (χ4n) is 1.35. The minimum absolute atomic E-state index is 0.843. The number of ether oxygens (including phenoxy) is 2. The second kappa shape index (κ2) is 4.53. The molecule has 14 heavy (non-hydrogen) atoms. The van der Waals surface area contributed by atoms with E-state index in [1.165, 1.54) is 0 Å². The summed E-state index contributed by atoms with van der Waals surface area (Å²) >= 11 is 6.98. The number of halogens is 2. The molecule has 0 aliphatic rings. The molecule has 0 saturated carbocycles. The summed E-state index contributed by atoms with van der Waals surface area (Å²) in [7, 11) is 3.32. The van der Waals surface area contributed by atoms with E-state index in [9.17, 15) is 0 Å². The lowest BCUT2D eigenvalue weighted by Crippen LogP contribution is -1.97. The smallest absolute Gasteiger partial charge is 0.137 e. The van der Waals surface area contributed by atoms with Gasteiger partial charge in [-0.2, -0.15) is 0 Å². The summed E-state index contributed by atoms with van der Waals surface area (Å²) in [5.74, 6) is 1.69. The fourth-order valence-corrected chi connectivity index (χ4v) is 2.63. The Morgan fingerprint density at radius 1 is 0.786 bits per heavy atom. The summed E-state index contributed by atoms with van der Waals surface area (Å²) in [4.78, 5) is 0.